The molecule has 1 aliphatic rings. The van der Waals surface area contributed by atoms with Crippen molar-refractivity contribution in [3.05, 3.63) is 65.7 Å². The average Bonchev–Trinajstić information content (AvgIpc) is 3.14. The van der Waals surface area contributed by atoms with Gasteiger partial charge in [-0.2, -0.15) is 0 Å². The lowest BCUT2D eigenvalue weighted by Crippen LogP contribution is -2.38. The van der Waals surface area contributed by atoms with Gasteiger partial charge in [-0.1, -0.05) is 55.5 Å². The highest BCUT2D eigenvalue weighted by atomic mass is 16.2. The number of likely N-dealkylation sites (tertiary alicyclic amines) is 1. The van der Waals surface area contributed by atoms with Crippen LogP contribution in [0.3, 0.4) is 0 Å². The Morgan fingerprint density at radius 3 is 2.52 bits per heavy atom. The monoisotopic (exact) mass is 393 g/mol. The van der Waals surface area contributed by atoms with E-state index in [-0.39, 0.29) is 36.7 Å². The number of benzene rings is 2. The van der Waals surface area contributed by atoms with E-state index in [4.69, 9.17) is 0 Å². The fraction of sp³-hybridized carbons (Fsp3) is 0.348. The van der Waals surface area contributed by atoms with Gasteiger partial charge in [0.25, 0.3) is 0 Å². The van der Waals surface area contributed by atoms with Crippen LogP contribution in [0.25, 0.3) is 0 Å². The lowest BCUT2D eigenvalue weighted by Gasteiger charge is -2.25. The summed E-state index contributed by atoms with van der Waals surface area (Å²) in [4.78, 5) is 38.9. The highest BCUT2D eigenvalue weighted by Crippen LogP contribution is 2.28. The minimum absolute atomic E-state index is 0.0390. The van der Waals surface area contributed by atoms with Crippen LogP contribution in [0, 0.1) is 5.92 Å². The molecule has 6 nitrogen and oxygen atoms in total. The van der Waals surface area contributed by atoms with Crippen molar-refractivity contribution in [3.8, 4) is 0 Å². The van der Waals surface area contributed by atoms with Gasteiger partial charge < -0.3 is 15.5 Å². The molecule has 0 aromatic heterocycles. The molecule has 0 aliphatic carbocycles. The van der Waals surface area contributed by atoms with E-state index in [0.717, 1.165) is 23.2 Å². The number of nitrogens with zero attached hydrogens (tertiary/aromatic N) is 1. The first-order valence-electron chi connectivity index (χ1n) is 9.99. The molecule has 3 rings (SSSR count). The Kier molecular flexibility index (Phi) is 6.65. The summed E-state index contributed by atoms with van der Waals surface area (Å²) in [5, 5.41) is 5.51. The van der Waals surface area contributed by atoms with Crippen LogP contribution in [-0.2, 0) is 20.8 Å². The minimum Gasteiger partial charge on any atom is -0.347 e. The molecule has 0 bridgehead atoms. The van der Waals surface area contributed by atoms with Crippen molar-refractivity contribution >= 4 is 23.4 Å². The molecule has 1 fully saturated rings. The van der Waals surface area contributed by atoms with Gasteiger partial charge in [0.2, 0.25) is 17.7 Å². The molecule has 152 valence electrons. The summed E-state index contributed by atoms with van der Waals surface area (Å²) in [7, 11) is 0. The molecule has 2 aromatic carbocycles. The van der Waals surface area contributed by atoms with Crippen molar-refractivity contribution in [2.75, 3.05) is 18.4 Å². The van der Waals surface area contributed by atoms with Crippen LogP contribution in [0.4, 0.5) is 5.69 Å². The number of carbonyl (C=O) groups is 3. The maximum absolute atomic E-state index is 12.5. The summed E-state index contributed by atoms with van der Waals surface area (Å²) in [6, 6.07) is 17.3. The van der Waals surface area contributed by atoms with Crippen molar-refractivity contribution in [3.63, 3.8) is 0 Å². The normalized spacial score (nSPS) is 17.1. The fourth-order valence-corrected chi connectivity index (χ4v) is 3.65. The van der Waals surface area contributed by atoms with Crippen molar-refractivity contribution in [1.82, 2.24) is 10.2 Å². The molecule has 2 N–H and O–H groups in total. The zero-order valence-corrected chi connectivity index (χ0v) is 16.9. The second-order valence-corrected chi connectivity index (χ2v) is 7.31. The molecule has 0 radical (unpaired) electrons. The summed E-state index contributed by atoms with van der Waals surface area (Å²) < 4.78 is 0. The van der Waals surface area contributed by atoms with Gasteiger partial charge in [0.15, 0.2) is 0 Å². The second-order valence-electron chi connectivity index (χ2n) is 7.31. The Hall–Kier alpha value is -3.15. The second kappa shape index (κ2) is 9.37. The third-order valence-electron chi connectivity index (χ3n) is 5.37. The Morgan fingerprint density at radius 1 is 1.10 bits per heavy atom. The third kappa shape index (κ3) is 5.02. The summed E-state index contributed by atoms with van der Waals surface area (Å²) >= 11 is 0. The Labute approximate surface area is 171 Å². The molecule has 6 heteroatoms. The van der Waals surface area contributed by atoms with Gasteiger partial charge in [-0.05, 0) is 30.5 Å². The predicted octanol–water partition coefficient (Wildman–Crippen LogP) is 2.91. The topological polar surface area (TPSA) is 78.5 Å². The standard InChI is InChI=1S/C23H27N3O3/c1-3-17-9-7-8-12-20(17)25-21(27)14-24-23(29)19-13-22(28)26(15-19)16(2)18-10-5-4-6-11-18/h4-12,16,19H,3,13-15H2,1-2H3,(H,24,29)(H,25,27)/t16-,19-/m1/s1. The average molecular weight is 393 g/mol. The van der Waals surface area contributed by atoms with Crippen LogP contribution in [0.1, 0.15) is 37.4 Å². The van der Waals surface area contributed by atoms with Gasteiger partial charge in [-0.15, -0.1) is 0 Å². The van der Waals surface area contributed by atoms with E-state index in [2.05, 4.69) is 10.6 Å². The Bertz CT molecular complexity index is 882. The lowest BCUT2D eigenvalue weighted by atomic mass is 10.1. The molecule has 1 heterocycles. The van der Waals surface area contributed by atoms with Crippen LogP contribution < -0.4 is 10.6 Å². The predicted molar refractivity (Wildman–Crippen MR) is 112 cm³/mol. The van der Waals surface area contributed by atoms with Gasteiger partial charge in [0.1, 0.15) is 0 Å². The molecule has 0 unspecified atom stereocenters. The number of hydrogen-bond acceptors (Lipinski definition) is 3. The molecule has 1 saturated heterocycles. The van der Waals surface area contributed by atoms with E-state index < -0.39 is 5.92 Å². The number of nitrogens with one attached hydrogen (secondary N) is 2. The number of hydrogen-bond donors (Lipinski definition) is 2. The molecular formula is C23H27N3O3. The molecule has 0 saturated carbocycles. The van der Waals surface area contributed by atoms with Crippen molar-refractivity contribution in [1.29, 1.82) is 0 Å². The van der Waals surface area contributed by atoms with Crippen LogP contribution in [0.5, 0.6) is 0 Å². The van der Waals surface area contributed by atoms with Crippen LogP contribution in [0.15, 0.2) is 54.6 Å². The van der Waals surface area contributed by atoms with E-state index in [1.54, 1.807) is 4.90 Å². The van der Waals surface area contributed by atoms with E-state index >= 15 is 0 Å². The smallest absolute Gasteiger partial charge is 0.243 e. The Morgan fingerprint density at radius 2 is 1.79 bits per heavy atom. The molecule has 2 atom stereocenters. The quantitative estimate of drug-likeness (QED) is 0.759. The van der Waals surface area contributed by atoms with Gasteiger partial charge in [-0.3, -0.25) is 14.4 Å². The molecule has 1 aliphatic heterocycles. The Balaban J connectivity index is 1.52. The summed E-state index contributed by atoms with van der Waals surface area (Å²) in [5.41, 5.74) is 2.84. The van der Waals surface area contributed by atoms with Gasteiger partial charge in [-0.25, -0.2) is 0 Å². The van der Waals surface area contributed by atoms with Gasteiger partial charge in [0, 0.05) is 18.7 Å². The zero-order valence-electron chi connectivity index (χ0n) is 16.9. The summed E-state index contributed by atoms with van der Waals surface area (Å²) in [6.45, 7) is 4.23. The van der Waals surface area contributed by atoms with E-state index in [1.165, 1.54) is 0 Å². The van der Waals surface area contributed by atoms with Gasteiger partial charge >= 0.3 is 0 Å². The SMILES string of the molecule is CCc1ccccc1NC(=O)CNC(=O)[C@@H]1CC(=O)N([C@H](C)c2ccccc2)C1. The third-order valence-corrected chi connectivity index (χ3v) is 5.37. The van der Waals surface area contributed by atoms with Crippen LogP contribution in [-0.4, -0.2) is 35.7 Å². The lowest BCUT2D eigenvalue weighted by molar-refractivity contribution is -0.130. The molecule has 3 amide bonds. The highest BCUT2D eigenvalue weighted by molar-refractivity contribution is 5.96. The number of carbonyl (C=O) groups excluding carboxylic acids is 3. The first-order chi connectivity index (χ1) is 14.0. The first-order valence-corrected chi connectivity index (χ1v) is 9.99. The number of aryl methyl sites for hydroxylation is 1. The van der Waals surface area contributed by atoms with E-state index in [1.807, 2.05) is 68.4 Å². The van der Waals surface area contributed by atoms with Crippen LogP contribution in [0.2, 0.25) is 0 Å². The minimum atomic E-state index is -0.440. The molecule has 0 spiro atoms. The number of para-hydroxylation sites is 1. The van der Waals surface area contributed by atoms with E-state index in [0.29, 0.717) is 6.54 Å². The summed E-state index contributed by atoms with van der Waals surface area (Å²) in [5.74, 6) is -1.02. The van der Waals surface area contributed by atoms with E-state index in [9.17, 15) is 14.4 Å². The van der Waals surface area contributed by atoms with Gasteiger partial charge in [0.05, 0.1) is 18.5 Å². The van der Waals surface area contributed by atoms with Crippen molar-refractivity contribution in [2.45, 2.75) is 32.7 Å². The largest absolute Gasteiger partial charge is 0.347 e. The number of rotatable bonds is 7. The molecule has 29 heavy (non-hydrogen) atoms. The number of amides is 3. The van der Waals surface area contributed by atoms with Crippen LogP contribution >= 0.6 is 0 Å². The van der Waals surface area contributed by atoms with Crippen molar-refractivity contribution < 1.29 is 14.4 Å². The number of anilines is 1. The molecular weight excluding hydrogens is 366 g/mol. The fourth-order valence-electron chi connectivity index (χ4n) is 3.65. The first kappa shape index (κ1) is 20.6. The van der Waals surface area contributed by atoms with Crippen molar-refractivity contribution in [2.24, 2.45) is 5.92 Å². The summed E-state index contributed by atoms with van der Waals surface area (Å²) in [6.07, 6.45) is 0.978. The highest BCUT2D eigenvalue weighted by Gasteiger charge is 2.37. The maximum atomic E-state index is 12.5. The maximum Gasteiger partial charge on any atom is 0.243 e. The molecule has 2 aromatic rings. The zero-order chi connectivity index (χ0) is 20.8.